The van der Waals surface area contributed by atoms with Crippen LogP contribution in [0.5, 0.6) is 0 Å². The molecule has 5 nitrogen and oxygen atoms in total. The summed E-state index contributed by atoms with van der Waals surface area (Å²) in [6, 6.07) is 2.33. The fourth-order valence-corrected chi connectivity index (χ4v) is 2.95. The van der Waals surface area contributed by atoms with E-state index in [4.69, 9.17) is 0 Å². The third kappa shape index (κ3) is 4.68. The Kier molecular flexibility index (Phi) is 6.10. The molecule has 0 amide bonds. The number of allylic oxidation sites excluding steroid dienone is 2. The van der Waals surface area contributed by atoms with Gasteiger partial charge < -0.3 is 14.8 Å². The molecule has 10 heteroatoms. The van der Waals surface area contributed by atoms with Crippen LogP contribution >= 0.6 is 0 Å². The van der Waals surface area contributed by atoms with Crippen LogP contribution in [-0.2, 0) is 19.1 Å². The Labute approximate surface area is 156 Å². The summed E-state index contributed by atoms with van der Waals surface area (Å²) in [7, 11) is 1.05. The Bertz CT molecular complexity index is 853. The van der Waals surface area contributed by atoms with Crippen LogP contribution in [-0.4, -0.2) is 31.8 Å². The number of rotatable bonds is 4. The van der Waals surface area contributed by atoms with Crippen LogP contribution in [0.2, 0.25) is 0 Å². The van der Waals surface area contributed by atoms with Gasteiger partial charge in [-0.25, -0.2) is 18.4 Å². The molecule has 0 bridgehead atoms. The molecule has 152 valence electrons. The summed E-state index contributed by atoms with van der Waals surface area (Å²) in [5, 5.41) is 2.69. The van der Waals surface area contributed by atoms with Crippen LogP contribution in [0, 0.1) is 11.6 Å². The molecule has 1 N–H and O–H groups in total. The van der Waals surface area contributed by atoms with E-state index in [1.807, 2.05) is 0 Å². The van der Waals surface area contributed by atoms with Crippen molar-refractivity contribution >= 4 is 11.9 Å². The molecule has 0 aromatic heterocycles. The molecule has 1 aromatic rings. The number of benzene rings is 1. The zero-order valence-corrected chi connectivity index (χ0v) is 15.0. The van der Waals surface area contributed by atoms with E-state index in [0.717, 1.165) is 19.2 Å². The van der Waals surface area contributed by atoms with Gasteiger partial charge in [-0.2, -0.15) is 13.2 Å². The summed E-state index contributed by atoms with van der Waals surface area (Å²) >= 11 is 0. The van der Waals surface area contributed by atoms with Crippen LogP contribution in [0.1, 0.15) is 25.3 Å². The highest BCUT2D eigenvalue weighted by Gasteiger charge is 2.39. The topological polar surface area (TPSA) is 64.6 Å². The number of nitrogens with one attached hydrogen (secondary N) is 1. The average Bonchev–Trinajstić information content (AvgIpc) is 2.57. The van der Waals surface area contributed by atoms with Crippen molar-refractivity contribution < 1.29 is 41.0 Å². The molecule has 1 aromatic carbocycles. The Morgan fingerprint density at radius 2 is 1.50 bits per heavy atom. The first kappa shape index (κ1) is 21.4. The Morgan fingerprint density at radius 3 is 1.96 bits per heavy atom. The third-order valence-electron chi connectivity index (χ3n) is 3.97. The van der Waals surface area contributed by atoms with Gasteiger partial charge in [0.1, 0.15) is 11.6 Å². The molecule has 0 fully saturated rings. The van der Waals surface area contributed by atoms with Gasteiger partial charge >= 0.3 is 18.1 Å². The van der Waals surface area contributed by atoms with E-state index in [0.29, 0.717) is 6.07 Å². The van der Waals surface area contributed by atoms with Crippen LogP contribution < -0.4 is 5.32 Å². The van der Waals surface area contributed by atoms with Gasteiger partial charge in [0.15, 0.2) is 6.61 Å². The zero-order valence-electron chi connectivity index (χ0n) is 15.0. The SMILES string of the molecule is COC(=O)C1=C(C)NC(C)=C(C(=O)OCC(F)(F)F)C1c1cc(F)cc(F)c1. The average molecular weight is 405 g/mol. The highest BCUT2D eigenvalue weighted by atomic mass is 19.4. The molecule has 1 heterocycles. The van der Waals surface area contributed by atoms with Crippen LogP contribution in [0.4, 0.5) is 22.0 Å². The zero-order chi connectivity index (χ0) is 21.2. The predicted octanol–water partition coefficient (Wildman–Crippen LogP) is 3.48. The lowest BCUT2D eigenvalue weighted by atomic mass is 9.80. The number of hydrogen-bond acceptors (Lipinski definition) is 5. The minimum Gasteiger partial charge on any atom is -0.466 e. The molecular weight excluding hydrogens is 389 g/mol. The number of carbonyl (C=O) groups excluding carboxylic acids is 2. The first-order valence-electron chi connectivity index (χ1n) is 7.91. The van der Waals surface area contributed by atoms with Crippen molar-refractivity contribution in [2.45, 2.75) is 25.9 Å². The van der Waals surface area contributed by atoms with E-state index in [2.05, 4.69) is 14.8 Å². The molecule has 0 radical (unpaired) electrons. The number of dihydropyridines is 1. The second kappa shape index (κ2) is 7.99. The number of alkyl halides is 3. The fraction of sp³-hybridized carbons (Fsp3) is 0.333. The lowest BCUT2D eigenvalue weighted by molar-refractivity contribution is -0.183. The molecular formula is C18H16F5NO4. The summed E-state index contributed by atoms with van der Waals surface area (Å²) in [4.78, 5) is 24.7. The van der Waals surface area contributed by atoms with E-state index in [-0.39, 0.29) is 28.1 Å². The summed E-state index contributed by atoms with van der Waals surface area (Å²) in [6.45, 7) is 0.962. The van der Waals surface area contributed by atoms with Crippen molar-refractivity contribution in [1.82, 2.24) is 5.32 Å². The maximum absolute atomic E-state index is 13.8. The summed E-state index contributed by atoms with van der Waals surface area (Å²) in [6.07, 6.45) is -4.77. The molecule has 1 aliphatic heterocycles. The summed E-state index contributed by atoms with van der Waals surface area (Å²) < 4.78 is 73.8. The van der Waals surface area contributed by atoms with Gasteiger partial charge in [-0.1, -0.05) is 0 Å². The van der Waals surface area contributed by atoms with Gasteiger partial charge in [0.05, 0.1) is 24.2 Å². The van der Waals surface area contributed by atoms with E-state index < -0.39 is 42.3 Å². The smallest absolute Gasteiger partial charge is 0.422 e. The van der Waals surface area contributed by atoms with Gasteiger partial charge in [0, 0.05) is 17.5 Å². The van der Waals surface area contributed by atoms with Crippen molar-refractivity contribution in [3.63, 3.8) is 0 Å². The van der Waals surface area contributed by atoms with Crippen molar-refractivity contribution in [3.8, 4) is 0 Å². The van der Waals surface area contributed by atoms with Gasteiger partial charge in [-0.05, 0) is 31.5 Å². The highest BCUT2D eigenvalue weighted by Crippen LogP contribution is 2.39. The number of carbonyl (C=O) groups is 2. The van der Waals surface area contributed by atoms with E-state index in [1.54, 1.807) is 0 Å². The van der Waals surface area contributed by atoms with Crippen LogP contribution in [0.25, 0.3) is 0 Å². The standard InChI is InChI=1S/C18H16F5NO4/c1-8-13(16(25)27-3)15(10-4-11(19)6-12(20)5-10)14(9(2)24-8)17(26)28-7-18(21,22)23/h4-6,15,24H,7H2,1-3H3. The monoisotopic (exact) mass is 405 g/mol. The minimum absolute atomic E-state index is 0.0759. The van der Waals surface area contributed by atoms with Crippen LogP contribution in [0.3, 0.4) is 0 Å². The normalized spacial score (nSPS) is 17.4. The molecule has 1 atom stereocenters. The number of hydrogen-bond donors (Lipinski definition) is 1. The Morgan fingerprint density at radius 1 is 1.00 bits per heavy atom. The van der Waals surface area contributed by atoms with Gasteiger partial charge in [-0.15, -0.1) is 0 Å². The largest absolute Gasteiger partial charge is 0.466 e. The lowest BCUT2D eigenvalue weighted by Gasteiger charge is -2.30. The van der Waals surface area contributed by atoms with E-state index in [1.165, 1.54) is 13.8 Å². The van der Waals surface area contributed by atoms with Crippen molar-refractivity contribution in [2.75, 3.05) is 13.7 Å². The minimum atomic E-state index is -4.77. The van der Waals surface area contributed by atoms with Crippen molar-refractivity contribution in [3.05, 3.63) is 57.9 Å². The molecule has 0 saturated heterocycles. The van der Waals surface area contributed by atoms with E-state index in [9.17, 15) is 31.5 Å². The van der Waals surface area contributed by atoms with Crippen LogP contribution in [0.15, 0.2) is 40.7 Å². The van der Waals surface area contributed by atoms with Crippen molar-refractivity contribution in [2.24, 2.45) is 0 Å². The number of ether oxygens (including phenoxy) is 2. The summed E-state index contributed by atoms with van der Waals surface area (Å²) in [5.41, 5.74) is -0.437. The molecule has 1 aliphatic rings. The number of halogens is 5. The number of esters is 2. The molecule has 28 heavy (non-hydrogen) atoms. The maximum atomic E-state index is 13.8. The highest BCUT2D eigenvalue weighted by molar-refractivity contribution is 5.99. The van der Waals surface area contributed by atoms with Gasteiger partial charge in [0.2, 0.25) is 0 Å². The fourth-order valence-electron chi connectivity index (χ4n) is 2.95. The Balaban J connectivity index is 2.61. The maximum Gasteiger partial charge on any atom is 0.422 e. The van der Waals surface area contributed by atoms with Crippen molar-refractivity contribution in [1.29, 1.82) is 0 Å². The predicted molar refractivity (Wildman–Crippen MR) is 86.7 cm³/mol. The molecule has 0 aliphatic carbocycles. The first-order chi connectivity index (χ1) is 12.9. The second-order valence-electron chi connectivity index (χ2n) is 6.02. The Hall–Kier alpha value is -2.91. The molecule has 0 saturated carbocycles. The molecule has 2 rings (SSSR count). The van der Waals surface area contributed by atoms with Gasteiger partial charge in [0.25, 0.3) is 0 Å². The second-order valence-corrected chi connectivity index (χ2v) is 6.02. The molecule has 0 spiro atoms. The molecule has 1 unspecified atom stereocenters. The third-order valence-corrected chi connectivity index (χ3v) is 3.97. The first-order valence-corrected chi connectivity index (χ1v) is 7.91. The van der Waals surface area contributed by atoms with E-state index >= 15 is 0 Å². The summed E-state index contributed by atoms with van der Waals surface area (Å²) in [5.74, 6) is -5.68. The lowest BCUT2D eigenvalue weighted by Crippen LogP contribution is -2.33. The quantitative estimate of drug-likeness (QED) is 0.614. The number of methoxy groups -OCH3 is 1. The van der Waals surface area contributed by atoms with Gasteiger partial charge in [-0.3, -0.25) is 0 Å².